The van der Waals surface area contributed by atoms with Crippen molar-refractivity contribution in [3.63, 3.8) is 0 Å². The number of imide groups is 1. The van der Waals surface area contributed by atoms with Crippen LogP contribution in [0.5, 0.6) is 5.75 Å². The molecule has 4 amide bonds. The Morgan fingerprint density at radius 1 is 1.19 bits per heavy atom. The van der Waals surface area contributed by atoms with E-state index >= 15 is 0 Å². The minimum Gasteiger partial charge on any atom is -0.497 e. The molecule has 1 aliphatic rings. The number of carbonyl (C=O) groups excluding carboxylic acids is 3. The largest absolute Gasteiger partial charge is 0.497 e. The first-order valence-electron chi connectivity index (χ1n) is 10.8. The molecule has 2 N–H and O–H groups in total. The monoisotopic (exact) mass is 498 g/mol. The van der Waals surface area contributed by atoms with Crippen molar-refractivity contribution in [3.05, 3.63) is 83.0 Å². The van der Waals surface area contributed by atoms with Crippen LogP contribution in [0.25, 0.3) is 11.3 Å². The normalized spacial score (nSPS) is 13.7. The number of nitrogens with zero attached hydrogens (tertiary/aromatic N) is 2. The number of nitrogens with one attached hydrogen (secondary N) is 2. The molecule has 0 saturated carbocycles. The molecule has 0 saturated heterocycles. The number of pyridine rings is 1. The molecule has 0 bridgehead atoms. The Kier molecular flexibility index (Phi) is 6.91. The molecule has 11 heteroatoms. The lowest BCUT2D eigenvalue weighted by atomic mass is 10.0. The molecule has 1 aliphatic heterocycles. The van der Waals surface area contributed by atoms with Gasteiger partial charge in [-0.1, -0.05) is 30.3 Å². The number of fused-ring (bicyclic) bond motifs is 1. The van der Waals surface area contributed by atoms with Gasteiger partial charge in [0.05, 0.1) is 24.4 Å². The average Bonchev–Trinajstić information content (AvgIpc) is 3.17. The lowest BCUT2D eigenvalue weighted by molar-refractivity contribution is -0.137. The van der Waals surface area contributed by atoms with Gasteiger partial charge in [0.2, 0.25) is 6.41 Å². The van der Waals surface area contributed by atoms with Crippen molar-refractivity contribution in [1.29, 1.82) is 0 Å². The molecule has 36 heavy (non-hydrogen) atoms. The molecule has 1 atom stereocenters. The molecule has 1 aromatic heterocycles. The van der Waals surface area contributed by atoms with Crippen LogP contribution in [0.4, 0.5) is 18.0 Å². The van der Waals surface area contributed by atoms with Gasteiger partial charge in [-0.25, -0.2) is 4.79 Å². The minimum absolute atomic E-state index is 0.0544. The topological polar surface area (TPSA) is 101 Å². The third kappa shape index (κ3) is 5.14. The molecule has 0 spiro atoms. The molecule has 8 nitrogen and oxygen atoms in total. The number of amides is 4. The summed E-state index contributed by atoms with van der Waals surface area (Å²) in [6.45, 7) is 0.353. The summed E-state index contributed by atoms with van der Waals surface area (Å²) in [6.07, 6.45) is -3.08. The number of alkyl halides is 3. The number of methoxy groups -OCH3 is 1. The Morgan fingerprint density at radius 2 is 1.94 bits per heavy atom. The number of rotatable bonds is 7. The highest BCUT2D eigenvalue weighted by atomic mass is 19.4. The fourth-order valence-electron chi connectivity index (χ4n) is 4.06. The molecule has 0 fully saturated rings. The van der Waals surface area contributed by atoms with Crippen LogP contribution in [0.2, 0.25) is 0 Å². The first-order chi connectivity index (χ1) is 17.2. The molecule has 0 unspecified atom stereocenters. The van der Waals surface area contributed by atoms with Gasteiger partial charge >= 0.3 is 12.2 Å². The van der Waals surface area contributed by atoms with E-state index in [1.165, 1.54) is 36.4 Å². The highest BCUT2D eigenvalue weighted by Crippen LogP contribution is 2.36. The third-order valence-electron chi connectivity index (χ3n) is 5.79. The van der Waals surface area contributed by atoms with Crippen LogP contribution in [0, 0.1) is 0 Å². The summed E-state index contributed by atoms with van der Waals surface area (Å²) in [4.78, 5) is 41.2. The van der Waals surface area contributed by atoms with Crippen molar-refractivity contribution in [2.45, 2.75) is 18.8 Å². The zero-order valence-electron chi connectivity index (χ0n) is 19.0. The molecule has 2 aromatic carbocycles. The first-order valence-corrected chi connectivity index (χ1v) is 10.8. The van der Waals surface area contributed by atoms with Crippen molar-refractivity contribution in [1.82, 2.24) is 20.5 Å². The number of aromatic nitrogens is 1. The zero-order valence-corrected chi connectivity index (χ0v) is 19.0. The number of carbonyl (C=O) groups is 3. The van der Waals surface area contributed by atoms with E-state index < -0.39 is 23.8 Å². The van der Waals surface area contributed by atoms with Crippen LogP contribution in [0.1, 0.15) is 33.1 Å². The van der Waals surface area contributed by atoms with E-state index in [0.29, 0.717) is 23.4 Å². The van der Waals surface area contributed by atoms with Gasteiger partial charge in [-0.3, -0.25) is 19.9 Å². The van der Waals surface area contributed by atoms with Crippen LogP contribution >= 0.6 is 0 Å². The first kappa shape index (κ1) is 24.7. The van der Waals surface area contributed by atoms with E-state index in [2.05, 4.69) is 10.3 Å². The smallest absolute Gasteiger partial charge is 0.418 e. The number of benzene rings is 2. The quantitative estimate of drug-likeness (QED) is 0.481. The molecule has 3 aromatic rings. The van der Waals surface area contributed by atoms with Gasteiger partial charge in [0.15, 0.2) is 0 Å². The highest BCUT2D eigenvalue weighted by molar-refractivity contribution is 5.98. The van der Waals surface area contributed by atoms with E-state index in [4.69, 9.17) is 4.74 Å². The van der Waals surface area contributed by atoms with Crippen LogP contribution < -0.4 is 15.4 Å². The number of urea groups is 1. The van der Waals surface area contributed by atoms with Gasteiger partial charge in [-0.15, -0.1) is 0 Å². The predicted molar refractivity (Wildman–Crippen MR) is 123 cm³/mol. The van der Waals surface area contributed by atoms with Crippen LogP contribution in [-0.4, -0.2) is 41.9 Å². The fourth-order valence-corrected chi connectivity index (χ4v) is 4.06. The Morgan fingerprint density at radius 3 is 2.61 bits per heavy atom. The number of hydrogen-bond acceptors (Lipinski definition) is 5. The van der Waals surface area contributed by atoms with Crippen LogP contribution in [-0.2, 0) is 17.5 Å². The molecular formula is C25H21F3N4O4. The second-order valence-electron chi connectivity index (χ2n) is 8.02. The van der Waals surface area contributed by atoms with Crippen molar-refractivity contribution in [3.8, 4) is 17.0 Å². The van der Waals surface area contributed by atoms with E-state index in [1.54, 1.807) is 30.3 Å². The third-order valence-corrected chi connectivity index (χ3v) is 5.79. The molecular weight excluding hydrogens is 477 g/mol. The van der Waals surface area contributed by atoms with Gasteiger partial charge in [0.25, 0.3) is 5.91 Å². The Hall–Kier alpha value is -4.41. The lowest BCUT2D eigenvalue weighted by Gasteiger charge is -2.25. The van der Waals surface area contributed by atoms with Crippen molar-refractivity contribution >= 4 is 18.3 Å². The standard InChI is InChI=1S/C25H21F3N4O4/c1-36-18-9-8-17-12-32(23(34)19(17)11-18)13-21(31-24(35)30-14-33)15-4-6-16(7-5-15)22-20(25(26,27)28)3-2-10-29-22/h2-11,14,21H,12-13H2,1H3,(H2,30,31,33,35)/t21-/m0/s1. The maximum Gasteiger partial charge on any atom is 0.418 e. The Bertz CT molecular complexity index is 1300. The molecule has 2 heterocycles. The SMILES string of the molecule is COc1ccc2c(c1)C(=O)N(C[C@H](NC(=O)NC=O)c1ccc(-c3ncccc3C(F)(F)F)cc1)C2. The number of ether oxygens (including phenoxy) is 1. The van der Waals surface area contributed by atoms with Gasteiger partial charge in [0.1, 0.15) is 5.75 Å². The molecule has 4 rings (SSSR count). The van der Waals surface area contributed by atoms with Gasteiger partial charge in [-0.2, -0.15) is 13.2 Å². The summed E-state index contributed by atoms with van der Waals surface area (Å²) in [5, 5.41) is 4.62. The van der Waals surface area contributed by atoms with Crippen molar-refractivity contribution < 1.29 is 32.3 Å². The van der Waals surface area contributed by atoms with E-state index in [-0.39, 0.29) is 30.1 Å². The van der Waals surface area contributed by atoms with Gasteiger partial charge in [-0.05, 0) is 35.4 Å². The lowest BCUT2D eigenvalue weighted by Crippen LogP contribution is -2.42. The second-order valence-corrected chi connectivity index (χ2v) is 8.02. The van der Waals surface area contributed by atoms with E-state index in [1.807, 2.05) is 5.32 Å². The summed E-state index contributed by atoms with van der Waals surface area (Å²) in [5.74, 6) is 0.277. The molecule has 0 aliphatic carbocycles. The minimum atomic E-state index is -4.58. The molecule has 0 radical (unpaired) electrons. The fraction of sp³-hybridized carbons (Fsp3) is 0.200. The van der Waals surface area contributed by atoms with Crippen molar-refractivity contribution in [2.24, 2.45) is 0 Å². The molecule has 186 valence electrons. The zero-order chi connectivity index (χ0) is 25.9. The summed E-state index contributed by atoms with van der Waals surface area (Å²) in [6, 6.07) is 11.8. The van der Waals surface area contributed by atoms with Crippen LogP contribution in [0.15, 0.2) is 60.8 Å². The summed E-state index contributed by atoms with van der Waals surface area (Å²) < 4.78 is 45.4. The Balaban J connectivity index is 1.61. The van der Waals surface area contributed by atoms with Gasteiger partial charge < -0.3 is 15.0 Å². The Labute approximate surface area is 204 Å². The number of hydrogen-bond donors (Lipinski definition) is 2. The summed E-state index contributed by atoms with van der Waals surface area (Å²) in [7, 11) is 1.50. The summed E-state index contributed by atoms with van der Waals surface area (Å²) >= 11 is 0. The second kappa shape index (κ2) is 10.1. The predicted octanol–water partition coefficient (Wildman–Crippen LogP) is 3.93. The highest BCUT2D eigenvalue weighted by Gasteiger charge is 2.34. The van der Waals surface area contributed by atoms with E-state index in [0.717, 1.165) is 11.6 Å². The average molecular weight is 498 g/mol. The van der Waals surface area contributed by atoms with Crippen LogP contribution in [0.3, 0.4) is 0 Å². The van der Waals surface area contributed by atoms with E-state index in [9.17, 15) is 27.6 Å². The van der Waals surface area contributed by atoms with Crippen molar-refractivity contribution in [2.75, 3.05) is 13.7 Å². The maximum absolute atomic E-state index is 13.4. The number of halogens is 3. The van der Waals surface area contributed by atoms with Gasteiger partial charge in [0, 0.05) is 30.4 Å². The maximum atomic E-state index is 13.4. The summed E-state index contributed by atoms with van der Waals surface area (Å²) in [5.41, 5.74) is 0.940.